The van der Waals surface area contributed by atoms with Gasteiger partial charge in [0, 0.05) is 80.5 Å². The molecular weight excluding hydrogens is 844 g/mol. The Morgan fingerprint density at radius 1 is 1.02 bits per heavy atom. The first kappa shape index (κ1) is 42.6. The van der Waals surface area contributed by atoms with Crippen LogP contribution in [0, 0.1) is 15.5 Å². The molecular formula is C46H49ClN8O7S. The molecule has 2 aliphatic carbocycles. The number of pyridine rings is 1. The summed E-state index contributed by atoms with van der Waals surface area (Å²) in [6, 6.07) is 20.1. The molecule has 3 aromatic heterocycles. The molecule has 1 unspecified atom stereocenters. The number of H-pyrrole nitrogens is 1. The average molecular weight is 893 g/mol. The largest absolute Gasteiger partial charge is 0.455 e. The third-order valence-electron chi connectivity index (χ3n) is 12.6. The molecule has 17 heteroatoms. The summed E-state index contributed by atoms with van der Waals surface area (Å²) < 4.78 is 34.8. The van der Waals surface area contributed by atoms with Gasteiger partial charge in [0.15, 0.2) is 11.0 Å². The van der Waals surface area contributed by atoms with E-state index in [1.54, 1.807) is 31.8 Å². The predicted octanol–water partition coefficient (Wildman–Crippen LogP) is 8.31. The number of hydrogen-bond acceptors (Lipinski definition) is 11. The number of nitrogens with zero attached hydrogens (tertiary/aromatic N) is 6. The second-order valence-electron chi connectivity index (χ2n) is 16.6. The van der Waals surface area contributed by atoms with Crippen LogP contribution in [0.1, 0.15) is 54.4 Å². The number of aromatic amines is 1. The molecule has 3 aliphatic rings. The Morgan fingerprint density at radius 3 is 2.60 bits per heavy atom. The van der Waals surface area contributed by atoms with E-state index >= 15 is 0 Å². The number of carbonyl (C=O) groups excluding carboxylic acids is 1. The van der Waals surface area contributed by atoms with E-state index in [0.717, 1.165) is 61.7 Å². The molecule has 1 saturated carbocycles. The number of methoxy groups -OCH3 is 1. The Hall–Kier alpha value is -5.65. The number of halogens is 1. The highest BCUT2D eigenvalue weighted by atomic mass is 35.5. The highest BCUT2D eigenvalue weighted by Gasteiger charge is 2.41. The van der Waals surface area contributed by atoms with Gasteiger partial charge in [-0.1, -0.05) is 35.7 Å². The molecule has 0 bridgehead atoms. The number of anilines is 1. The molecule has 1 spiro atoms. The molecule has 15 nitrogen and oxygen atoms in total. The van der Waals surface area contributed by atoms with Crippen LogP contribution in [0.3, 0.4) is 0 Å². The van der Waals surface area contributed by atoms with Crippen molar-refractivity contribution < 1.29 is 28.1 Å². The van der Waals surface area contributed by atoms with Crippen LogP contribution in [0.4, 0.5) is 11.4 Å². The highest BCUT2D eigenvalue weighted by molar-refractivity contribution is 7.83. The lowest BCUT2D eigenvalue weighted by atomic mass is 9.59. The lowest BCUT2D eigenvalue weighted by molar-refractivity contribution is -0.383. The van der Waals surface area contributed by atoms with Crippen molar-refractivity contribution in [3.8, 4) is 11.5 Å². The van der Waals surface area contributed by atoms with E-state index in [9.17, 15) is 19.1 Å². The number of benzene rings is 3. The summed E-state index contributed by atoms with van der Waals surface area (Å²) in [5, 5.41) is 18.5. The Labute approximate surface area is 372 Å². The number of non-ortho nitro benzene ring substituents is 1. The van der Waals surface area contributed by atoms with Gasteiger partial charge in [0.2, 0.25) is 0 Å². The molecule has 6 aromatic rings. The topological polar surface area (TPSA) is 170 Å². The van der Waals surface area contributed by atoms with E-state index in [1.807, 2.05) is 36.4 Å². The number of amides is 1. The standard InChI is InChI=1S/C46H49ClN8O7S/c1-60-21-22-61-20-19-54-30-40-41(50-54)25-37(26-42(40)55(57)58)63(59)51-45(56)38-8-7-35(24-43(38)62-36-23-32-10-14-48-44(32)49-28-36)53-17-15-52(16-18-53)29-33-9-13-46(11-2-12-46)27-39(33)31-3-5-34(47)6-4-31/h3-8,10,14,23-26,28,30H,2,9,11-13,15-22,27,29H2,1H3,(H,48,49)(H,51,56). The molecule has 1 atom stereocenters. The molecule has 2 N–H and O–H groups in total. The molecule has 2 fully saturated rings. The van der Waals surface area contributed by atoms with Crippen LogP contribution in [-0.4, -0.2) is 99.3 Å². The summed E-state index contributed by atoms with van der Waals surface area (Å²) in [7, 11) is -0.607. The zero-order valence-corrected chi connectivity index (χ0v) is 36.6. The van der Waals surface area contributed by atoms with Crippen molar-refractivity contribution in [3.63, 3.8) is 0 Å². The Bertz CT molecular complexity index is 2710. The summed E-state index contributed by atoms with van der Waals surface area (Å²) in [6.45, 7) is 5.72. The minimum Gasteiger partial charge on any atom is -0.455 e. The fourth-order valence-electron chi connectivity index (χ4n) is 9.01. The van der Waals surface area contributed by atoms with Crippen molar-refractivity contribution in [2.75, 3.05) is 64.6 Å². The first-order chi connectivity index (χ1) is 30.6. The van der Waals surface area contributed by atoms with E-state index in [0.29, 0.717) is 43.2 Å². The lowest BCUT2D eigenvalue weighted by Gasteiger charge is -2.47. The molecule has 1 amide bonds. The van der Waals surface area contributed by atoms with E-state index in [-0.39, 0.29) is 32.8 Å². The Kier molecular flexibility index (Phi) is 12.6. The number of fused-ring (bicyclic) bond motifs is 2. The summed E-state index contributed by atoms with van der Waals surface area (Å²) in [6.07, 6.45) is 12.4. The average Bonchev–Trinajstić information content (AvgIpc) is 3.93. The molecule has 1 aliphatic heterocycles. The lowest BCUT2D eigenvalue weighted by Crippen LogP contribution is -2.47. The number of hydrogen-bond donors (Lipinski definition) is 2. The number of aromatic nitrogens is 4. The minimum atomic E-state index is -2.19. The third-order valence-corrected chi connectivity index (χ3v) is 13.9. The number of nitro benzene ring substituents is 1. The van der Waals surface area contributed by atoms with Gasteiger partial charge in [0.05, 0.1) is 53.3 Å². The van der Waals surface area contributed by atoms with Gasteiger partial charge < -0.3 is 24.1 Å². The zero-order chi connectivity index (χ0) is 43.5. The maximum Gasteiger partial charge on any atom is 0.281 e. The molecule has 328 valence electrons. The van der Waals surface area contributed by atoms with Crippen molar-refractivity contribution in [1.29, 1.82) is 0 Å². The van der Waals surface area contributed by atoms with E-state index in [1.165, 1.54) is 59.2 Å². The van der Waals surface area contributed by atoms with Crippen molar-refractivity contribution in [2.45, 2.75) is 50.0 Å². The number of allylic oxidation sites excluding steroid dienone is 1. The summed E-state index contributed by atoms with van der Waals surface area (Å²) >= 11 is 6.29. The highest BCUT2D eigenvalue weighted by Crippen LogP contribution is 2.55. The number of nitro groups is 1. The fraction of sp³-hybridized carbons (Fsp3) is 0.370. The predicted molar refractivity (Wildman–Crippen MR) is 243 cm³/mol. The van der Waals surface area contributed by atoms with Gasteiger partial charge in [-0.15, -0.1) is 0 Å². The van der Waals surface area contributed by atoms with Crippen LogP contribution < -0.4 is 14.4 Å². The molecule has 4 heterocycles. The maximum atomic E-state index is 14.0. The number of ether oxygens (including phenoxy) is 3. The minimum absolute atomic E-state index is 0.0232. The number of piperazine rings is 1. The van der Waals surface area contributed by atoms with Crippen LogP contribution in [0.15, 0.2) is 95.8 Å². The van der Waals surface area contributed by atoms with Crippen molar-refractivity contribution in [1.82, 2.24) is 29.4 Å². The summed E-state index contributed by atoms with van der Waals surface area (Å²) in [5.41, 5.74) is 6.46. The van der Waals surface area contributed by atoms with Gasteiger partial charge in [-0.25, -0.2) is 9.19 Å². The van der Waals surface area contributed by atoms with Crippen LogP contribution in [0.5, 0.6) is 11.5 Å². The first-order valence-corrected chi connectivity index (χ1v) is 22.8. The molecule has 0 radical (unpaired) electrons. The number of rotatable bonds is 16. The SMILES string of the molecule is COCCOCCn1cc2c([N+](=O)[O-])cc(S(=O)NC(=O)c3ccc(N4CCN(CC5=C(c6ccc(Cl)cc6)CC6(CCC6)CC5)CC4)cc3Oc3cnc4[nH]ccc4c3)cc2n1. The van der Waals surface area contributed by atoms with Crippen LogP contribution in [0.2, 0.25) is 5.02 Å². The smallest absolute Gasteiger partial charge is 0.281 e. The fourth-order valence-corrected chi connectivity index (χ4v) is 9.97. The maximum absolute atomic E-state index is 14.0. The molecule has 1 saturated heterocycles. The Balaban J connectivity index is 0.925. The normalized spacial score (nSPS) is 17.0. The molecule has 3 aromatic carbocycles. The van der Waals surface area contributed by atoms with Crippen molar-refractivity contribution in [2.24, 2.45) is 5.41 Å². The van der Waals surface area contributed by atoms with E-state index in [2.05, 4.69) is 41.7 Å². The van der Waals surface area contributed by atoms with Gasteiger partial charge in [-0.2, -0.15) is 5.10 Å². The Morgan fingerprint density at radius 2 is 1.84 bits per heavy atom. The second kappa shape index (κ2) is 18.6. The van der Waals surface area contributed by atoms with Crippen LogP contribution in [0.25, 0.3) is 27.5 Å². The van der Waals surface area contributed by atoms with Crippen LogP contribution in [-0.2, 0) is 27.0 Å². The third kappa shape index (κ3) is 9.50. The van der Waals surface area contributed by atoms with Gasteiger partial charge >= 0.3 is 0 Å². The first-order valence-electron chi connectivity index (χ1n) is 21.3. The second-order valence-corrected chi connectivity index (χ2v) is 18.2. The summed E-state index contributed by atoms with van der Waals surface area (Å²) in [5.74, 6) is -0.0161. The summed E-state index contributed by atoms with van der Waals surface area (Å²) in [4.78, 5) is 38.0. The number of carbonyl (C=O) groups is 1. The van der Waals surface area contributed by atoms with Gasteiger partial charge in [0.1, 0.15) is 22.7 Å². The molecule has 9 rings (SSSR count). The molecule has 63 heavy (non-hydrogen) atoms. The van der Waals surface area contributed by atoms with Gasteiger partial charge in [-0.3, -0.25) is 29.2 Å². The van der Waals surface area contributed by atoms with E-state index < -0.39 is 21.8 Å². The van der Waals surface area contributed by atoms with Crippen molar-refractivity contribution in [3.05, 3.63) is 117 Å². The quantitative estimate of drug-likeness (QED) is 0.0544. The van der Waals surface area contributed by atoms with Gasteiger partial charge in [-0.05, 0) is 91.1 Å². The van der Waals surface area contributed by atoms with Crippen LogP contribution >= 0.6 is 11.6 Å². The van der Waals surface area contributed by atoms with Crippen molar-refractivity contribution >= 4 is 67.4 Å². The monoisotopic (exact) mass is 892 g/mol. The van der Waals surface area contributed by atoms with Gasteiger partial charge in [0.25, 0.3) is 11.6 Å². The van der Waals surface area contributed by atoms with E-state index in [4.69, 9.17) is 25.8 Å². The number of nitrogens with one attached hydrogen (secondary N) is 2. The zero-order valence-electron chi connectivity index (χ0n) is 35.0.